The van der Waals surface area contributed by atoms with Crippen molar-refractivity contribution in [3.8, 4) is 0 Å². The number of amides is 1. The predicted molar refractivity (Wildman–Crippen MR) is 134 cm³/mol. The zero-order chi connectivity index (χ0) is 24.5. The van der Waals surface area contributed by atoms with E-state index in [1.165, 1.54) is 12.4 Å². The van der Waals surface area contributed by atoms with Crippen LogP contribution in [0.2, 0.25) is 0 Å². The smallest absolute Gasteiger partial charge is 0.330 e. The first-order chi connectivity index (χ1) is 17.1. The highest BCUT2D eigenvalue weighted by Gasteiger charge is 2.12. The van der Waals surface area contributed by atoms with Crippen molar-refractivity contribution in [1.29, 1.82) is 0 Å². The van der Waals surface area contributed by atoms with Gasteiger partial charge in [0.15, 0.2) is 0 Å². The van der Waals surface area contributed by atoms with E-state index in [2.05, 4.69) is 32.4 Å². The Hall–Kier alpha value is -3.82. The van der Waals surface area contributed by atoms with Gasteiger partial charge in [-0.25, -0.2) is 14.8 Å². The zero-order valence-electron chi connectivity index (χ0n) is 19.6. The van der Waals surface area contributed by atoms with Gasteiger partial charge in [-0.3, -0.25) is 9.69 Å². The zero-order valence-corrected chi connectivity index (χ0v) is 19.6. The van der Waals surface area contributed by atoms with Crippen LogP contribution in [0.15, 0.2) is 67.0 Å². The molecule has 2 heterocycles. The minimum atomic E-state index is -0.554. The third kappa shape index (κ3) is 7.08. The molecule has 9 heteroatoms. The maximum Gasteiger partial charge on any atom is 0.330 e. The van der Waals surface area contributed by atoms with Crippen LogP contribution in [0.3, 0.4) is 0 Å². The number of nitrogens with zero attached hydrogens (tertiary/aromatic N) is 3. The number of hydrogen-bond acceptors (Lipinski definition) is 8. The number of anilines is 2. The van der Waals surface area contributed by atoms with Crippen molar-refractivity contribution in [3.05, 3.63) is 72.6 Å². The highest BCUT2D eigenvalue weighted by Crippen LogP contribution is 2.26. The number of ether oxygens (including phenoxy) is 2. The number of hydrogen-bond donors (Lipinski definition) is 2. The monoisotopic (exact) mass is 475 g/mol. The number of benzene rings is 2. The Bertz CT molecular complexity index is 1180. The van der Waals surface area contributed by atoms with Crippen LogP contribution < -0.4 is 10.6 Å². The molecule has 4 rings (SSSR count). The molecule has 182 valence electrons. The summed E-state index contributed by atoms with van der Waals surface area (Å²) in [6, 6.07) is 15.5. The number of carbonyl (C=O) groups excluding carboxylic acids is 2. The molecule has 1 atom stereocenters. The van der Waals surface area contributed by atoms with Gasteiger partial charge in [0, 0.05) is 48.9 Å². The molecule has 2 N–H and O–H groups in total. The van der Waals surface area contributed by atoms with Crippen LogP contribution in [0, 0.1) is 0 Å². The van der Waals surface area contributed by atoms with Crippen LogP contribution in [0.4, 0.5) is 11.5 Å². The average molecular weight is 476 g/mol. The Labute approximate surface area is 204 Å². The van der Waals surface area contributed by atoms with Crippen molar-refractivity contribution in [2.75, 3.05) is 50.1 Å². The van der Waals surface area contributed by atoms with E-state index in [1.807, 2.05) is 42.5 Å². The molecule has 0 spiro atoms. The third-order valence-electron chi connectivity index (χ3n) is 5.68. The van der Waals surface area contributed by atoms with Gasteiger partial charge >= 0.3 is 5.97 Å². The molecule has 1 aliphatic rings. The van der Waals surface area contributed by atoms with E-state index in [9.17, 15) is 9.59 Å². The molecular weight excluding hydrogens is 446 g/mol. The molecule has 0 saturated carbocycles. The van der Waals surface area contributed by atoms with Gasteiger partial charge in [0.25, 0.3) is 0 Å². The topological polar surface area (TPSA) is 106 Å². The Morgan fingerprint density at radius 3 is 2.71 bits per heavy atom. The number of aromatic nitrogens is 2. The molecule has 0 bridgehead atoms. The standard InChI is InChI=1S/C26H29N5O4/c1-19(20-5-3-2-4-6-20)29-26-22-17-21(7-8-23(22)27-18-28-26)30-24(32)9-10-25(33)35-16-13-31-11-14-34-15-12-31/h2-10,17-19H,11-16H2,1H3,(H,30,32)(H,27,28,29). The summed E-state index contributed by atoms with van der Waals surface area (Å²) in [6.45, 7) is 6.01. The summed E-state index contributed by atoms with van der Waals surface area (Å²) >= 11 is 0. The maximum atomic E-state index is 12.3. The van der Waals surface area contributed by atoms with Gasteiger partial charge < -0.3 is 20.1 Å². The highest BCUT2D eigenvalue weighted by molar-refractivity contribution is 6.04. The molecular formula is C26H29N5O4. The van der Waals surface area contributed by atoms with Crippen molar-refractivity contribution >= 4 is 34.3 Å². The highest BCUT2D eigenvalue weighted by atomic mass is 16.5. The fourth-order valence-corrected chi connectivity index (χ4v) is 3.76. The van der Waals surface area contributed by atoms with Crippen LogP contribution >= 0.6 is 0 Å². The fraction of sp³-hybridized carbons (Fsp3) is 0.308. The van der Waals surface area contributed by atoms with Gasteiger partial charge in [-0.2, -0.15) is 0 Å². The van der Waals surface area contributed by atoms with Crippen molar-refractivity contribution in [3.63, 3.8) is 0 Å². The first kappa shape index (κ1) is 24.3. The van der Waals surface area contributed by atoms with Crippen molar-refractivity contribution in [2.45, 2.75) is 13.0 Å². The normalized spacial score (nSPS) is 15.1. The number of esters is 1. The summed E-state index contributed by atoms with van der Waals surface area (Å²) < 4.78 is 10.5. The van der Waals surface area contributed by atoms with E-state index in [4.69, 9.17) is 9.47 Å². The number of rotatable bonds is 9. The van der Waals surface area contributed by atoms with Crippen LogP contribution in [-0.4, -0.2) is 66.2 Å². The third-order valence-corrected chi connectivity index (χ3v) is 5.68. The SMILES string of the molecule is CC(Nc1ncnc2ccc(NC(=O)C=CC(=O)OCCN3CCOCC3)cc12)c1ccccc1. The lowest BCUT2D eigenvalue weighted by molar-refractivity contribution is -0.138. The Balaban J connectivity index is 1.34. The van der Waals surface area contributed by atoms with E-state index in [-0.39, 0.29) is 12.6 Å². The molecule has 0 radical (unpaired) electrons. The Morgan fingerprint density at radius 2 is 1.91 bits per heavy atom. The first-order valence-electron chi connectivity index (χ1n) is 11.6. The van der Waals surface area contributed by atoms with Gasteiger partial charge in [0.05, 0.1) is 18.7 Å². The molecule has 1 fully saturated rings. The summed E-state index contributed by atoms with van der Waals surface area (Å²) in [6.07, 6.45) is 3.81. The van der Waals surface area contributed by atoms with E-state index in [0.29, 0.717) is 31.3 Å². The lowest BCUT2D eigenvalue weighted by Crippen LogP contribution is -2.38. The van der Waals surface area contributed by atoms with Crippen LogP contribution in [0.1, 0.15) is 18.5 Å². The minimum Gasteiger partial charge on any atom is -0.461 e. The number of nitrogens with one attached hydrogen (secondary N) is 2. The van der Waals surface area contributed by atoms with Crippen molar-refractivity contribution in [2.24, 2.45) is 0 Å². The predicted octanol–water partition coefficient (Wildman–Crippen LogP) is 3.17. The van der Waals surface area contributed by atoms with Crippen molar-refractivity contribution < 1.29 is 19.1 Å². The van der Waals surface area contributed by atoms with E-state index >= 15 is 0 Å². The maximum absolute atomic E-state index is 12.3. The quantitative estimate of drug-likeness (QED) is 0.359. The molecule has 1 saturated heterocycles. The fourth-order valence-electron chi connectivity index (χ4n) is 3.76. The molecule has 0 aliphatic carbocycles. The van der Waals surface area contributed by atoms with E-state index in [0.717, 1.165) is 35.6 Å². The molecule has 1 aliphatic heterocycles. The molecule has 2 aromatic carbocycles. The number of morpholine rings is 1. The second-order valence-corrected chi connectivity index (χ2v) is 8.18. The van der Waals surface area contributed by atoms with Gasteiger partial charge in [-0.15, -0.1) is 0 Å². The first-order valence-corrected chi connectivity index (χ1v) is 11.6. The molecule has 1 unspecified atom stereocenters. The van der Waals surface area contributed by atoms with Crippen LogP contribution in [0.25, 0.3) is 10.9 Å². The molecule has 9 nitrogen and oxygen atoms in total. The second kappa shape index (κ2) is 12.0. The molecule has 1 aromatic heterocycles. The van der Waals surface area contributed by atoms with Crippen molar-refractivity contribution in [1.82, 2.24) is 14.9 Å². The summed E-state index contributed by atoms with van der Waals surface area (Å²) in [5, 5.41) is 6.96. The van der Waals surface area contributed by atoms with Crippen LogP contribution in [-0.2, 0) is 19.1 Å². The summed E-state index contributed by atoms with van der Waals surface area (Å²) in [5.74, 6) is -0.318. The van der Waals surface area contributed by atoms with Crippen LogP contribution in [0.5, 0.6) is 0 Å². The van der Waals surface area contributed by atoms with Gasteiger partial charge in [0.2, 0.25) is 5.91 Å². The van der Waals surface area contributed by atoms with E-state index < -0.39 is 11.9 Å². The summed E-state index contributed by atoms with van der Waals surface area (Å²) in [7, 11) is 0. The summed E-state index contributed by atoms with van der Waals surface area (Å²) in [4.78, 5) is 35.1. The molecule has 1 amide bonds. The van der Waals surface area contributed by atoms with E-state index in [1.54, 1.807) is 6.07 Å². The second-order valence-electron chi connectivity index (χ2n) is 8.18. The van der Waals surface area contributed by atoms with Gasteiger partial charge in [-0.1, -0.05) is 30.3 Å². The largest absolute Gasteiger partial charge is 0.461 e. The Kier molecular flexibility index (Phi) is 8.37. The summed E-state index contributed by atoms with van der Waals surface area (Å²) in [5.41, 5.74) is 2.45. The molecule has 3 aromatic rings. The van der Waals surface area contributed by atoms with Gasteiger partial charge in [0.1, 0.15) is 18.8 Å². The lowest BCUT2D eigenvalue weighted by Gasteiger charge is -2.25. The van der Waals surface area contributed by atoms with Gasteiger partial charge in [-0.05, 0) is 30.7 Å². The number of fused-ring (bicyclic) bond motifs is 1. The lowest BCUT2D eigenvalue weighted by atomic mass is 10.1. The molecule has 35 heavy (non-hydrogen) atoms. The minimum absolute atomic E-state index is 0.0322. The number of carbonyl (C=O) groups is 2. The Morgan fingerprint density at radius 1 is 1.11 bits per heavy atom. The average Bonchev–Trinajstić information content (AvgIpc) is 2.89.